The van der Waals surface area contributed by atoms with Gasteiger partial charge in [-0.15, -0.1) is 0 Å². The third-order valence-corrected chi connectivity index (χ3v) is 5.89. The number of para-hydroxylation sites is 2. The van der Waals surface area contributed by atoms with E-state index in [2.05, 4.69) is 11.8 Å². The molecule has 0 N–H and O–H groups in total. The van der Waals surface area contributed by atoms with Gasteiger partial charge in [-0.3, -0.25) is 9.59 Å². The molecule has 2 aromatic carbocycles. The van der Waals surface area contributed by atoms with Gasteiger partial charge in [0.25, 0.3) is 11.8 Å². The van der Waals surface area contributed by atoms with Gasteiger partial charge in [0.05, 0.1) is 17.4 Å². The number of nitrogens with zero attached hydrogens (tertiary/aromatic N) is 2. The fourth-order valence-corrected chi connectivity index (χ4v) is 4.42. The zero-order chi connectivity index (χ0) is 22.1. The molecule has 0 radical (unpaired) electrons. The number of carbonyl (C=O) groups is 2. The van der Waals surface area contributed by atoms with Crippen LogP contribution in [0.5, 0.6) is 5.75 Å². The third-order valence-electron chi connectivity index (χ3n) is 5.63. The average molecular weight is 439 g/mol. The van der Waals surface area contributed by atoms with Gasteiger partial charge in [0, 0.05) is 18.1 Å². The fraction of sp³-hybridized carbons (Fsp3) is 0.360. The number of piperidine rings is 1. The Morgan fingerprint density at radius 1 is 1.03 bits per heavy atom. The van der Waals surface area contributed by atoms with Gasteiger partial charge in [0.1, 0.15) is 11.4 Å². The van der Waals surface area contributed by atoms with Gasteiger partial charge in [-0.1, -0.05) is 42.8 Å². The summed E-state index contributed by atoms with van der Waals surface area (Å²) in [6, 6.07) is 14.3. The van der Waals surface area contributed by atoms with E-state index in [0.29, 0.717) is 39.2 Å². The zero-order valence-corrected chi connectivity index (χ0v) is 18.9. The van der Waals surface area contributed by atoms with Gasteiger partial charge in [0.2, 0.25) is 0 Å². The second-order valence-corrected chi connectivity index (χ2v) is 8.94. The number of benzene rings is 2. The van der Waals surface area contributed by atoms with Crippen LogP contribution in [-0.4, -0.2) is 35.9 Å². The molecule has 2 heterocycles. The van der Waals surface area contributed by atoms with Gasteiger partial charge in [-0.25, -0.2) is 4.90 Å². The van der Waals surface area contributed by atoms with Crippen LogP contribution in [0.2, 0.25) is 5.02 Å². The summed E-state index contributed by atoms with van der Waals surface area (Å²) in [5.74, 6) is 0.341. The Morgan fingerprint density at radius 3 is 2.42 bits per heavy atom. The van der Waals surface area contributed by atoms with Crippen molar-refractivity contribution < 1.29 is 14.3 Å². The normalized spacial score (nSPS) is 19.6. The molecule has 5 nitrogen and oxygen atoms in total. The van der Waals surface area contributed by atoms with Crippen LogP contribution < -0.4 is 9.64 Å². The zero-order valence-electron chi connectivity index (χ0n) is 18.1. The second kappa shape index (κ2) is 8.75. The standard InChI is InChI=1S/C25H27ClN2O3/c1-16(2)31-21-9-5-4-8-20(21)28-24(29)22(18-10-12-19(26)13-11-18)23(25(28)30)27-14-6-7-17(3)15-27/h4-5,8-13,16-17H,6-7,14-15H2,1-3H3. The minimum absolute atomic E-state index is 0.0833. The van der Waals surface area contributed by atoms with Crippen molar-refractivity contribution in [1.82, 2.24) is 4.90 Å². The highest BCUT2D eigenvalue weighted by Crippen LogP contribution is 2.40. The molecule has 1 unspecified atom stereocenters. The first kappa shape index (κ1) is 21.4. The minimum atomic E-state index is -0.333. The van der Waals surface area contributed by atoms with E-state index < -0.39 is 0 Å². The second-order valence-electron chi connectivity index (χ2n) is 8.50. The molecular weight excluding hydrogens is 412 g/mol. The highest BCUT2D eigenvalue weighted by molar-refractivity contribution is 6.45. The smallest absolute Gasteiger partial charge is 0.282 e. The molecule has 0 aliphatic carbocycles. The molecule has 1 saturated heterocycles. The van der Waals surface area contributed by atoms with Crippen molar-refractivity contribution >= 4 is 34.7 Å². The molecule has 2 aromatic rings. The monoisotopic (exact) mass is 438 g/mol. The van der Waals surface area contributed by atoms with Crippen LogP contribution >= 0.6 is 11.6 Å². The first-order valence-corrected chi connectivity index (χ1v) is 11.1. The van der Waals surface area contributed by atoms with E-state index in [0.717, 1.165) is 25.9 Å². The van der Waals surface area contributed by atoms with E-state index in [1.165, 1.54) is 4.90 Å². The predicted octanol–water partition coefficient (Wildman–Crippen LogP) is 5.14. The molecule has 31 heavy (non-hydrogen) atoms. The molecule has 162 valence electrons. The maximum atomic E-state index is 13.7. The summed E-state index contributed by atoms with van der Waals surface area (Å²) in [4.78, 5) is 30.8. The lowest BCUT2D eigenvalue weighted by Crippen LogP contribution is -2.39. The van der Waals surface area contributed by atoms with Crippen LogP contribution in [0.1, 0.15) is 39.2 Å². The molecule has 0 saturated carbocycles. The molecule has 4 rings (SSSR count). The van der Waals surface area contributed by atoms with Crippen LogP contribution in [0.3, 0.4) is 0 Å². The summed E-state index contributed by atoms with van der Waals surface area (Å²) < 4.78 is 5.91. The third kappa shape index (κ3) is 4.19. The van der Waals surface area contributed by atoms with Gasteiger partial charge >= 0.3 is 0 Å². The number of hydrogen-bond donors (Lipinski definition) is 0. The van der Waals surface area contributed by atoms with Crippen molar-refractivity contribution in [2.75, 3.05) is 18.0 Å². The Kier molecular flexibility index (Phi) is 6.05. The number of hydrogen-bond acceptors (Lipinski definition) is 4. The van der Waals surface area contributed by atoms with Gasteiger partial charge < -0.3 is 9.64 Å². The van der Waals surface area contributed by atoms with Crippen molar-refractivity contribution in [3.8, 4) is 5.75 Å². The minimum Gasteiger partial charge on any atom is -0.489 e. The molecule has 6 heteroatoms. The Balaban J connectivity index is 1.82. The lowest BCUT2D eigenvalue weighted by atomic mass is 9.98. The van der Waals surface area contributed by atoms with E-state index in [-0.39, 0.29) is 17.9 Å². The van der Waals surface area contributed by atoms with Crippen molar-refractivity contribution in [1.29, 1.82) is 0 Å². The van der Waals surface area contributed by atoms with Crippen LogP contribution in [-0.2, 0) is 9.59 Å². The lowest BCUT2D eigenvalue weighted by Gasteiger charge is -2.33. The molecule has 1 fully saturated rings. The number of amides is 2. The number of ether oxygens (including phenoxy) is 1. The van der Waals surface area contributed by atoms with Crippen molar-refractivity contribution in [3.63, 3.8) is 0 Å². The quantitative estimate of drug-likeness (QED) is 0.606. The Hall–Kier alpha value is -2.79. The number of imide groups is 1. The number of likely N-dealkylation sites (tertiary alicyclic amines) is 1. The summed E-state index contributed by atoms with van der Waals surface area (Å²) in [5, 5.41) is 0.585. The van der Waals surface area contributed by atoms with Crippen LogP contribution in [0.15, 0.2) is 54.2 Å². The molecule has 0 spiro atoms. The summed E-state index contributed by atoms with van der Waals surface area (Å²) in [7, 11) is 0. The molecule has 2 amide bonds. The lowest BCUT2D eigenvalue weighted by molar-refractivity contribution is -0.120. The number of anilines is 1. The van der Waals surface area contributed by atoms with E-state index in [1.54, 1.807) is 36.4 Å². The largest absolute Gasteiger partial charge is 0.489 e. The van der Waals surface area contributed by atoms with E-state index in [1.807, 2.05) is 26.0 Å². The maximum Gasteiger partial charge on any atom is 0.282 e. The molecule has 2 aliphatic heterocycles. The first-order chi connectivity index (χ1) is 14.9. The van der Waals surface area contributed by atoms with Crippen molar-refractivity contribution in [3.05, 3.63) is 64.8 Å². The highest BCUT2D eigenvalue weighted by Gasteiger charge is 2.44. The molecule has 0 bridgehead atoms. The Labute approximate surface area is 188 Å². The summed E-state index contributed by atoms with van der Waals surface area (Å²) in [6.45, 7) is 7.53. The summed E-state index contributed by atoms with van der Waals surface area (Å²) >= 11 is 6.08. The fourth-order valence-electron chi connectivity index (χ4n) is 4.30. The van der Waals surface area contributed by atoms with Crippen LogP contribution in [0.25, 0.3) is 5.57 Å². The average Bonchev–Trinajstić information content (AvgIpc) is 2.99. The highest BCUT2D eigenvalue weighted by atomic mass is 35.5. The van der Waals surface area contributed by atoms with Crippen LogP contribution in [0.4, 0.5) is 5.69 Å². The molecule has 2 aliphatic rings. The molecule has 1 atom stereocenters. The van der Waals surface area contributed by atoms with Gasteiger partial charge in [-0.2, -0.15) is 0 Å². The number of rotatable bonds is 5. The predicted molar refractivity (Wildman–Crippen MR) is 123 cm³/mol. The van der Waals surface area contributed by atoms with Crippen LogP contribution in [0, 0.1) is 5.92 Å². The van der Waals surface area contributed by atoms with Crippen molar-refractivity contribution in [2.45, 2.75) is 39.7 Å². The van der Waals surface area contributed by atoms with E-state index in [4.69, 9.17) is 16.3 Å². The molecular formula is C25H27ClN2O3. The van der Waals surface area contributed by atoms with Gasteiger partial charge in [0.15, 0.2) is 0 Å². The number of carbonyl (C=O) groups excluding carboxylic acids is 2. The van der Waals surface area contributed by atoms with Gasteiger partial charge in [-0.05, 0) is 62.4 Å². The Bertz CT molecular complexity index is 1030. The SMILES string of the molecule is CC1CCCN(C2=C(c3ccc(Cl)cc3)C(=O)N(c3ccccc3OC(C)C)C2=O)C1. The first-order valence-electron chi connectivity index (χ1n) is 10.8. The van der Waals surface area contributed by atoms with E-state index in [9.17, 15) is 9.59 Å². The molecule has 0 aromatic heterocycles. The summed E-state index contributed by atoms with van der Waals surface area (Å²) in [6.07, 6.45) is 2.03. The topological polar surface area (TPSA) is 49.9 Å². The summed E-state index contributed by atoms with van der Waals surface area (Å²) in [5.41, 5.74) is 2.06. The maximum absolute atomic E-state index is 13.7. The number of halogens is 1. The Morgan fingerprint density at radius 2 is 1.74 bits per heavy atom. The van der Waals surface area contributed by atoms with Crippen molar-refractivity contribution in [2.24, 2.45) is 5.92 Å². The van der Waals surface area contributed by atoms with E-state index >= 15 is 0 Å².